The first-order valence-electron chi connectivity index (χ1n) is 8.21. The third-order valence-corrected chi connectivity index (χ3v) is 6.87. The number of carbonyl (C=O) groups is 1. The van der Waals surface area contributed by atoms with E-state index < -0.39 is 10.0 Å². The first-order valence-corrected chi connectivity index (χ1v) is 10.5. The van der Waals surface area contributed by atoms with Gasteiger partial charge in [0.05, 0.1) is 17.5 Å². The lowest BCUT2D eigenvalue weighted by Gasteiger charge is -2.24. The van der Waals surface area contributed by atoms with Crippen molar-refractivity contribution >= 4 is 27.3 Å². The third-order valence-electron chi connectivity index (χ3n) is 4.08. The van der Waals surface area contributed by atoms with E-state index in [9.17, 15) is 13.2 Å². The highest BCUT2D eigenvalue weighted by atomic mass is 32.2. The van der Waals surface area contributed by atoms with Crippen molar-refractivity contribution < 1.29 is 13.2 Å². The van der Waals surface area contributed by atoms with Gasteiger partial charge in [-0.25, -0.2) is 8.42 Å². The van der Waals surface area contributed by atoms with Crippen molar-refractivity contribution in [2.45, 2.75) is 17.9 Å². The fraction of sp³-hybridized carbons (Fsp3) is 0.389. The summed E-state index contributed by atoms with van der Waals surface area (Å²) in [7, 11) is 1.63. The highest BCUT2D eigenvalue weighted by Gasteiger charge is 2.23. The standard InChI is InChI=1S/C18H25N3O3S2/c1-14-7-9-15(10-8-14)26(23,24)21(4)13-18(22)19-12-16(20(2)3)17-6-5-11-25-17/h5-11,16H,12-13H2,1-4H3,(H,19,22)/t16-/m0/s1. The van der Waals surface area contributed by atoms with Crippen molar-refractivity contribution in [2.24, 2.45) is 0 Å². The lowest BCUT2D eigenvalue weighted by Crippen LogP contribution is -2.41. The predicted molar refractivity (Wildman–Crippen MR) is 105 cm³/mol. The molecule has 6 nitrogen and oxygen atoms in total. The van der Waals surface area contributed by atoms with Crippen LogP contribution in [0.4, 0.5) is 0 Å². The van der Waals surface area contributed by atoms with Crippen LogP contribution in [0.2, 0.25) is 0 Å². The summed E-state index contributed by atoms with van der Waals surface area (Å²) in [5.41, 5.74) is 0.979. The molecule has 0 saturated carbocycles. The number of benzene rings is 1. The fourth-order valence-corrected chi connectivity index (χ4v) is 4.51. The van der Waals surface area contributed by atoms with E-state index in [0.717, 1.165) is 14.7 Å². The molecule has 2 aromatic rings. The van der Waals surface area contributed by atoms with Crippen LogP contribution in [0.3, 0.4) is 0 Å². The molecule has 1 aromatic heterocycles. The number of rotatable bonds is 8. The molecule has 1 aromatic carbocycles. The average Bonchev–Trinajstić information content (AvgIpc) is 3.09. The number of nitrogens with zero attached hydrogens (tertiary/aromatic N) is 2. The first-order chi connectivity index (χ1) is 12.2. The van der Waals surface area contributed by atoms with Gasteiger partial charge in [0.15, 0.2) is 0 Å². The number of thiophene rings is 1. The molecule has 1 N–H and O–H groups in total. The largest absolute Gasteiger partial charge is 0.353 e. The zero-order valence-corrected chi connectivity index (χ0v) is 17.1. The van der Waals surface area contributed by atoms with Crippen LogP contribution in [0.25, 0.3) is 0 Å². The van der Waals surface area contributed by atoms with Crippen molar-refractivity contribution in [1.82, 2.24) is 14.5 Å². The van der Waals surface area contributed by atoms with Gasteiger partial charge in [-0.3, -0.25) is 4.79 Å². The number of amides is 1. The highest BCUT2D eigenvalue weighted by molar-refractivity contribution is 7.89. The van der Waals surface area contributed by atoms with Crippen LogP contribution in [0, 0.1) is 6.92 Å². The number of likely N-dealkylation sites (N-methyl/N-ethyl adjacent to an activating group) is 2. The summed E-state index contributed by atoms with van der Waals surface area (Å²) in [5, 5.41) is 4.83. The zero-order valence-electron chi connectivity index (χ0n) is 15.5. The Balaban J connectivity index is 1.97. The molecule has 0 aliphatic rings. The molecule has 0 unspecified atom stereocenters. The van der Waals surface area contributed by atoms with Crippen molar-refractivity contribution in [3.05, 3.63) is 52.2 Å². The molecule has 0 radical (unpaired) electrons. The molecule has 142 valence electrons. The molecule has 1 atom stereocenters. The van der Waals surface area contributed by atoms with Crippen molar-refractivity contribution in [3.8, 4) is 0 Å². The van der Waals surface area contributed by atoms with Gasteiger partial charge in [0, 0.05) is 18.5 Å². The van der Waals surface area contributed by atoms with E-state index in [4.69, 9.17) is 0 Å². The summed E-state index contributed by atoms with van der Waals surface area (Å²) >= 11 is 1.63. The third kappa shape index (κ3) is 5.14. The van der Waals surface area contributed by atoms with Gasteiger partial charge >= 0.3 is 0 Å². The van der Waals surface area contributed by atoms with Gasteiger partial charge in [-0.1, -0.05) is 23.8 Å². The highest BCUT2D eigenvalue weighted by Crippen LogP contribution is 2.22. The van der Waals surface area contributed by atoms with Crippen molar-refractivity contribution in [2.75, 3.05) is 34.2 Å². The summed E-state index contributed by atoms with van der Waals surface area (Å²) in [6.07, 6.45) is 0. The Hall–Kier alpha value is -1.74. The van der Waals surface area contributed by atoms with Gasteiger partial charge in [0.1, 0.15) is 0 Å². The van der Waals surface area contributed by atoms with Crippen LogP contribution in [0.1, 0.15) is 16.5 Å². The van der Waals surface area contributed by atoms with E-state index in [-0.39, 0.29) is 23.4 Å². The zero-order chi connectivity index (χ0) is 19.3. The van der Waals surface area contributed by atoms with E-state index >= 15 is 0 Å². The minimum absolute atomic E-state index is 0.0537. The average molecular weight is 396 g/mol. The second-order valence-corrected chi connectivity index (χ2v) is 9.40. The van der Waals surface area contributed by atoms with E-state index in [1.54, 1.807) is 35.6 Å². The van der Waals surface area contributed by atoms with Crippen LogP contribution in [-0.2, 0) is 14.8 Å². The monoisotopic (exact) mass is 395 g/mol. The fourth-order valence-electron chi connectivity index (χ4n) is 2.46. The molecule has 26 heavy (non-hydrogen) atoms. The van der Waals surface area contributed by atoms with Gasteiger partial charge in [-0.15, -0.1) is 11.3 Å². The topological polar surface area (TPSA) is 69.7 Å². The van der Waals surface area contributed by atoms with E-state index in [1.165, 1.54) is 7.05 Å². The summed E-state index contributed by atoms with van der Waals surface area (Å²) in [4.78, 5) is 15.6. The molecule has 1 heterocycles. The molecule has 0 aliphatic heterocycles. The van der Waals surface area contributed by atoms with Crippen molar-refractivity contribution in [3.63, 3.8) is 0 Å². The quantitative estimate of drug-likeness (QED) is 0.743. The molecule has 1 amide bonds. The SMILES string of the molecule is Cc1ccc(S(=O)(=O)N(C)CC(=O)NC[C@@H](c2cccs2)N(C)C)cc1. The van der Waals surface area contributed by atoms with E-state index in [1.807, 2.05) is 43.4 Å². The second-order valence-electron chi connectivity index (χ2n) is 6.37. The molecule has 2 rings (SSSR count). The predicted octanol–water partition coefficient (Wildman–Crippen LogP) is 2.10. The Bertz CT molecular complexity index is 816. The lowest BCUT2D eigenvalue weighted by atomic mass is 10.2. The van der Waals surface area contributed by atoms with E-state index in [0.29, 0.717) is 6.54 Å². The number of carbonyl (C=O) groups excluding carboxylic acids is 1. The van der Waals surface area contributed by atoms with Crippen LogP contribution >= 0.6 is 11.3 Å². The molecule has 0 bridgehead atoms. The first kappa shape index (κ1) is 20.6. The number of nitrogens with one attached hydrogen (secondary N) is 1. The number of hydrogen-bond donors (Lipinski definition) is 1. The van der Waals surface area contributed by atoms with Gasteiger partial charge in [0.25, 0.3) is 0 Å². The van der Waals surface area contributed by atoms with E-state index in [2.05, 4.69) is 5.32 Å². The second kappa shape index (κ2) is 8.77. The summed E-state index contributed by atoms with van der Waals surface area (Å²) in [6, 6.07) is 10.6. The van der Waals surface area contributed by atoms with Crippen LogP contribution < -0.4 is 5.32 Å². The Morgan fingerprint density at radius 2 is 1.81 bits per heavy atom. The molecular formula is C18H25N3O3S2. The van der Waals surface area contributed by atoms with Crippen LogP contribution in [0.5, 0.6) is 0 Å². The van der Waals surface area contributed by atoms with Gasteiger partial charge in [-0.2, -0.15) is 4.31 Å². The van der Waals surface area contributed by atoms with Gasteiger partial charge < -0.3 is 10.2 Å². The molecule has 8 heteroatoms. The number of hydrogen-bond acceptors (Lipinski definition) is 5. The van der Waals surface area contributed by atoms with Crippen LogP contribution in [-0.4, -0.2) is 57.8 Å². The van der Waals surface area contributed by atoms with Crippen LogP contribution in [0.15, 0.2) is 46.7 Å². The molecular weight excluding hydrogens is 370 g/mol. The summed E-state index contributed by atoms with van der Waals surface area (Å²) in [5.74, 6) is -0.327. The maximum atomic E-state index is 12.6. The smallest absolute Gasteiger partial charge is 0.243 e. The molecule has 0 aliphatic carbocycles. The Morgan fingerprint density at radius 3 is 2.35 bits per heavy atom. The minimum Gasteiger partial charge on any atom is -0.353 e. The maximum absolute atomic E-state index is 12.6. The summed E-state index contributed by atoms with van der Waals surface area (Å²) < 4.78 is 26.2. The molecule has 0 spiro atoms. The Morgan fingerprint density at radius 1 is 1.15 bits per heavy atom. The molecule has 0 saturated heterocycles. The Kier molecular flexibility index (Phi) is 6.94. The van der Waals surface area contributed by atoms with Crippen molar-refractivity contribution in [1.29, 1.82) is 0 Å². The molecule has 0 fully saturated rings. The normalized spacial score (nSPS) is 13.2. The lowest BCUT2D eigenvalue weighted by molar-refractivity contribution is -0.121. The van der Waals surface area contributed by atoms with Gasteiger partial charge in [0.2, 0.25) is 15.9 Å². The Labute approximate surface area is 159 Å². The van der Waals surface area contributed by atoms with Gasteiger partial charge in [-0.05, 0) is 44.6 Å². The number of sulfonamides is 1. The number of aryl methyl sites for hydroxylation is 1. The maximum Gasteiger partial charge on any atom is 0.243 e. The summed E-state index contributed by atoms with van der Waals surface area (Å²) in [6.45, 7) is 2.09. The minimum atomic E-state index is -3.68.